The number of carbonyl (C=O) groups is 2. The predicted molar refractivity (Wildman–Crippen MR) is 119 cm³/mol. The Bertz CT molecular complexity index is 966. The number of carboxylic acid groups (broad SMARTS) is 1. The van der Waals surface area contributed by atoms with Crippen molar-refractivity contribution in [1.29, 1.82) is 0 Å². The zero-order chi connectivity index (χ0) is 24.3. The van der Waals surface area contributed by atoms with Crippen molar-refractivity contribution in [2.75, 3.05) is 5.32 Å². The van der Waals surface area contributed by atoms with Crippen LogP contribution < -0.4 is 5.32 Å². The number of carboxylic acids is 1. The van der Waals surface area contributed by atoms with E-state index in [0.717, 1.165) is 12.5 Å². The number of alkyl halides is 3. The van der Waals surface area contributed by atoms with Crippen molar-refractivity contribution in [2.24, 2.45) is 5.92 Å². The van der Waals surface area contributed by atoms with E-state index in [9.17, 15) is 22.8 Å². The molecule has 0 saturated heterocycles. The van der Waals surface area contributed by atoms with Crippen LogP contribution in [-0.2, 0) is 21.4 Å². The highest BCUT2D eigenvalue weighted by atomic mass is 35.5. The van der Waals surface area contributed by atoms with E-state index in [1.165, 1.54) is 12.1 Å². The topological polar surface area (TPSA) is 66.4 Å². The number of rotatable bonds is 7. The molecule has 0 bridgehead atoms. The number of anilines is 1. The number of nitrogens with one attached hydrogen (secondary N) is 1. The highest BCUT2D eigenvalue weighted by Gasteiger charge is 2.45. The van der Waals surface area contributed by atoms with Gasteiger partial charge in [-0.2, -0.15) is 13.2 Å². The summed E-state index contributed by atoms with van der Waals surface area (Å²) in [6.45, 7) is 6.95. The van der Waals surface area contributed by atoms with Gasteiger partial charge >= 0.3 is 12.1 Å². The Morgan fingerprint density at radius 2 is 1.66 bits per heavy atom. The van der Waals surface area contributed by atoms with Gasteiger partial charge in [-0.3, -0.25) is 9.59 Å². The van der Waals surface area contributed by atoms with Gasteiger partial charge in [0.2, 0.25) is 5.91 Å². The van der Waals surface area contributed by atoms with Crippen molar-refractivity contribution >= 4 is 29.2 Å². The molecule has 0 heterocycles. The van der Waals surface area contributed by atoms with Crippen molar-refractivity contribution in [2.45, 2.75) is 58.0 Å². The molecule has 0 radical (unpaired) electrons. The van der Waals surface area contributed by atoms with Crippen molar-refractivity contribution in [3.63, 3.8) is 0 Å². The summed E-state index contributed by atoms with van der Waals surface area (Å²) in [4.78, 5) is 23.8. The van der Waals surface area contributed by atoms with E-state index in [4.69, 9.17) is 16.7 Å². The van der Waals surface area contributed by atoms with Gasteiger partial charge in [-0.05, 0) is 40.7 Å². The minimum atomic E-state index is -4.59. The van der Waals surface area contributed by atoms with Gasteiger partial charge in [-0.15, -0.1) is 0 Å². The Kier molecular flexibility index (Phi) is 7.99. The summed E-state index contributed by atoms with van der Waals surface area (Å²) in [6.07, 6.45) is -4.51. The second-order valence-corrected chi connectivity index (χ2v) is 9.28. The molecule has 0 aliphatic rings. The zero-order valence-electron chi connectivity index (χ0n) is 18.4. The lowest BCUT2D eigenvalue weighted by Gasteiger charge is -2.27. The second-order valence-electron chi connectivity index (χ2n) is 8.88. The van der Waals surface area contributed by atoms with Gasteiger partial charge in [-0.1, -0.05) is 69.6 Å². The van der Waals surface area contributed by atoms with Crippen molar-refractivity contribution < 1.29 is 27.9 Å². The van der Waals surface area contributed by atoms with Gasteiger partial charge in [0.25, 0.3) is 0 Å². The van der Waals surface area contributed by atoms with Crippen LogP contribution in [0.5, 0.6) is 0 Å². The molecule has 174 valence electrons. The Labute approximate surface area is 190 Å². The highest BCUT2D eigenvalue weighted by molar-refractivity contribution is 6.33. The van der Waals surface area contributed by atoms with E-state index in [1.807, 2.05) is 20.8 Å². The first-order valence-corrected chi connectivity index (χ1v) is 10.6. The summed E-state index contributed by atoms with van der Waals surface area (Å²) in [5.41, 5.74) is 1.75. The first kappa shape index (κ1) is 25.7. The second kappa shape index (κ2) is 9.94. The number of carbonyl (C=O) groups excluding carboxylic acids is 1. The maximum Gasteiger partial charge on any atom is 0.392 e. The monoisotopic (exact) mass is 469 g/mol. The molecule has 2 aromatic carbocycles. The van der Waals surface area contributed by atoms with Crippen molar-refractivity contribution in [1.82, 2.24) is 0 Å². The molecule has 2 aromatic rings. The summed E-state index contributed by atoms with van der Waals surface area (Å²) >= 11 is 6.14. The van der Waals surface area contributed by atoms with Crippen LogP contribution >= 0.6 is 11.6 Å². The molecule has 0 fully saturated rings. The number of aryl methyl sites for hydroxylation is 1. The lowest BCUT2D eigenvalue weighted by atomic mass is 9.82. The minimum Gasteiger partial charge on any atom is -0.481 e. The fourth-order valence-electron chi connectivity index (χ4n) is 3.33. The van der Waals surface area contributed by atoms with Crippen LogP contribution in [0.2, 0.25) is 5.02 Å². The van der Waals surface area contributed by atoms with Gasteiger partial charge in [-0.25, -0.2) is 0 Å². The van der Waals surface area contributed by atoms with Crippen LogP contribution in [0.25, 0.3) is 0 Å². The number of hydrogen-bond donors (Lipinski definition) is 2. The average Bonchev–Trinajstić information content (AvgIpc) is 2.67. The molecular weight excluding hydrogens is 443 g/mol. The fourth-order valence-corrected chi connectivity index (χ4v) is 3.50. The summed E-state index contributed by atoms with van der Waals surface area (Å²) in [5.74, 6) is -5.24. The van der Waals surface area contributed by atoms with Crippen LogP contribution in [0, 0.1) is 5.92 Å². The van der Waals surface area contributed by atoms with E-state index in [-0.39, 0.29) is 34.5 Å². The molecule has 0 spiro atoms. The molecule has 2 atom stereocenters. The van der Waals surface area contributed by atoms with Crippen LogP contribution in [0.4, 0.5) is 18.9 Å². The maximum atomic E-state index is 13.6. The Morgan fingerprint density at radius 3 is 2.16 bits per heavy atom. The SMILES string of the molecule is C[C@H]([C@H](C(=O)Nc1cc(CCC(=O)O)ccc1Cl)c1ccc(C(C)(C)C)cc1)C(F)(F)F. The molecule has 0 aliphatic heterocycles. The molecule has 32 heavy (non-hydrogen) atoms. The van der Waals surface area contributed by atoms with Crippen LogP contribution in [0.3, 0.4) is 0 Å². The number of aliphatic carboxylic acids is 1. The molecule has 2 N–H and O–H groups in total. The van der Waals surface area contributed by atoms with Gasteiger partial charge < -0.3 is 10.4 Å². The Hall–Kier alpha value is -2.54. The summed E-state index contributed by atoms with van der Waals surface area (Å²) in [6, 6.07) is 11.2. The lowest BCUT2D eigenvalue weighted by Crippen LogP contribution is -2.34. The molecule has 0 saturated carbocycles. The summed E-state index contributed by atoms with van der Waals surface area (Å²) in [5, 5.41) is 11.5. The third-order valence-corrected chi connectivity index (χ3v) is 5.68. The number of amides is 1. The first-order chi connectivity index (χ1) is 14.7. The summed E-state index contributed by atoms with van der Waals surface area (Å²) < 4.78 is 40.8. The standard InChI is InChI=1S/C24H27ClF3NO3/c1-14(24(26,27)28)21(16-7-9-17(10-8-16)23(2,3)4)22(32)29-19-13-15(5-11-18(19)25)6-12-20(30)31/h5,7-11,13-14,21H,6,12H2,1-4H3,(H,29,32)(H,30,31)/t14-,21+/m1/s1. The number of halogens is 4. The van der Waals surface area contributed by atoms with E-state index >= 15 is 0 Å². The largest absolute Gasteiger partial charge is 0.481 e. The molecule has 0 aromatic heterocycles. The van der Waals surface area contributed by atoms with Crippen molar-refractivity contribution in [3.05, 3.63) is 64.2 Å². The van der Waals surface area contributed by atoms with Gasteiger partial charge in [0, 0.05) is 6.42 Å². The molecule has 4 nitrogen and oxygen atoms in total. The quantitative estimate of drug-likeness (QED) is 0.481. The third kappa shape index (κ3) is 6.73. The van der Waals surface area contributed by atoms with E-state index < -0.39 is 29.9 Å². The Balaban J connectivity index is 2.38. The maximum absolute atomic E-state index is 13.6. The number of benzene rings is 2. The first-order valence-electron chi connectivity index (χ1n) is 10.2. The van der Waals surface area contributed by atoms with Crippen LogP contribution in [0.15, 0.2) is 42.5 Å². The fraction of sp³-hybridized carbons (Fsp3) is 0.417. The zero-order valence-corrected chi connectivity index (χ0v) is 19.1. The minimum absolute atomic E-state index is 0.122. The van der Waals surface area contributed by atoms with Crippen LogP contribution in [0.1, 0.15) is 56.7 Å². The third-order valence-electron chi connectivity index (χ3n) is 5.35. The predicted octanol–water partition coefficient (Wildman–Crippen LogP) is 6.58. The Morgan fingerprint density at radius 1 is 1.06 bits per heavy atom. The van der Waals surface area contributed by atoms with Gasteiger partial charge in [0.1, 0.15) is 0 Å². The van der Waals surface area contributed by atoms with E-state index in [1.54, 1.807) is 30.3 Å². The number of hydrogen-bond acceptors (Lipinski definition) is 2. The van der Waals surface area contributed by atoms with Crippen molar-refractivity contribution in [3.8, 4) is 0 Å². The molecule has 0 aliphatic carbocycles. The van der Waals surface area contributed by atoms with Gasteiger partial charge in [0.05, 0.1) is 22.5 Å². The average molecular weight is 470 g/mol. The normalized spacial score (nSPS) is 14.0. The highest BCUT2D eigenvalue weighted by Crippen LogP contribution is 2.39. The van der Waals surface area contributed by atoms with Gasteiger partial charge in [0.15, 0.2) is 0 Å². The molecule has 1 amide bonds. The van der Waals surface area contributed by atoms with E-state index in [0.29, 0.717) is 5.56 Å². The summed E-state index contributed by atoms with van der Waals surface area (Å²) in [7, 11) is 0. The lowest BCUT2D eigenvalue weighted by molar-refractivity contribution is -0.178. The molecule has 0 unspecified atom stereocenters. The van der Waals surface area contributed by atoms with E-state index in [2.05, 4.69) is 5.32 Å². The molecule has 8 heteroatoms. The van der Waals surface area contributed by atoms with Crippen LogP contribution in [-0.4, -0.2) is 23.2 Å². The molecular formula is C24H27ClF3NO3. The molecule has 2 rings (SSSR count). The smallest absolute Gasteiger partial charge is 0.392 e.